The van der Waals surface area contributed by atoms with Crippen LogP contribution < -0.4 is 5.32 Å². The van der Waals surface area contributed by atoms with Crippen LogP contribution in [0.5, 0.6) is 0 Å². The van der Waals surface area contributed by atoms with Crippen LogP contribution in [-0.2, 0) is 0 Å². The molecule has 2 unspecified atom stereocenters. The van der Waals surface area contributed by atoms with E-state index in [1.807, 2.05) is 11.3 Å². The van der Waals surface area contributed by atoms with Gasteiger partial charge in [0.05, 0.1) is 0 Å². The van der Waals surface area contributed by atoms with Crippen molar-refractivity contribution in [2.45, 2.75) is 39.0 Å². The molecule has 0 spiro atoms. The first-order chi connectivity index (χ1) is 7.62. The fourth-order valence-corrected chi connectivity index (χ4v) is 3.91. The van der Waals surface area contributed by atoms with Gasteiger partial charge >= 0.3 is 0 Å². The predicted octanol–water partition coefficient (Wildman–Crippen LogP) is 3.88. The molecule has 1 saturated carbocycles. The average Bonchev–Trinajstić information content (AvgIpc) is 2.74. The van der Waals surface area contributed by atoms with Crippen LogP contribution in [0.15, 0.2) is 17.5 Å². The van der Waals surface area contributed by atoms with Gasteiger partial charge in [0.2, 0.25) is 0 Å². The van der Waals surface area contributed by atoms with E-state index in [0.29, 0.717) is 5.41 Å². The second kappa shape index (κ2) is 4.89. The molecule has 1 fully saturated rings. The highest BCUT2D eigenvalue weighted by molar-refractivity contribution is 7.10. The normalized spacial score (nSPS) is 29.2. The summed E-state index contributed by atoms with van der Waals surface area (Å²) in [6.07, 6.45) is 4.09. The Balaban J connectivity index is 2.15. The Kier molecular flexibility index (Phi) is 3.70. The third-order valence-electron chi connectivity index (χ3n) is 3.91. The maximum atomic E-state index is 3.36. The van der Waals surface area contributed by atoms with Gasteiger partial charge in [0.25, 0.3) is 0 Å². The molecule has 0 aliphatic heterocycles. The Morgan fingerprint density at radius 3 is 2.94 bits per heavy atom. The Labute approximate surface area is 103 Å². The molecule has 0 bridgehead atoms. The van der Waals surface area contributed by atoms with Crippen LogP contribution in [0.1, 0.15) is 43.9 Å². The fraction of sp³-hybridized carbons (Fsp3) is 0.714. The molecule has 1 N–H and O–H groups in total. The third-order valence-corrected chi connectivity index (χ3v) is 4.91. The Hall–Kier alpha value is -0.340. The maximum absolute atomic E-state index is 3.36. The number of hydrogen-bond acceptors (Lipinski definition) is 2. The monoisotopic (exact) mass is 237 g/mol. The minimum Gasteiger partial charge on any atom is -0.319 e. The van der Waals surface area contributed by atoms with Crippen LogP contribution in [0, 0.1) is 11.3 Å². The highest BCUT2D eigenvalue weighted by Gasteiger charge is 2.35. The van der Waals surface area contributed by atoms with E-state index in [0.717, 1.165) is 11.8 Å². The van der Waals surface area contributed by atoms with Gasteiger partial charge in [0.15, 0.2) is 0 Å². The molecule has 0 aromatic carbocycles. The molecule has 0 radical (unpaired) electrons. The molecule has 1 nitrogen and oxygen atoms in total. The van der Waals surface area contributed by atoms with Crippen molar-refractivity contribution in [1.82, 2.24) is 5.32 Å². The molecule has 2 atom stereocenters. The van der Waals surface area contributed by atoms with Crippen molar-refractivity contribution in [1.29, 1.82) is 0 Å². The minimum absolute atomic E-state index is 0.527. The third kappa shape index (κ3) is 2.67. The molecule has 1 aliphatic carbocycles. The SMILES string of the molecule is CNCC1CCC(C)(C)CC1c1cccs1. The molecule has 1 heterocycles. The number of thiophene rings is 1. The van der Waals surface area contributed by atoms with Crippen LogP contribution in [0.25, 0.3) is 0 Å². The lowest BCUT2D eigenvalue weighted by Crippen LogP contribution is -2.33. The molecule has 0 amide bonds. The maximum Gasteiger partial charge on any atom is 0.00796 e. The molecule has 1 aromatic heterocycles. The minimum atomic E-state index is 0.527. The molecule has 0 saturated heterocycles. The first kappa shape index (κ1) is 12.1. The quantitative estimate of drug-likeness (QED) is 0.841. The van der Waals surface area contributed by atoms with Crippen molar-refractivity contribution in [2.75, 3.05) is 13.6 Å². The van der Waals surface area contributed by atoms with E-state index in [1.165, 1.54) is 25.8 Å². The molecular weight excluding hydrogens is 214 g/mol. The summed E-state index contributed by atoms with van der Waals surface area (Å²) >= 11 is 1.93. The van der Waals surface area contributed by atoms with Gasteiger partial charge in [0.1, 0.15) is 0 Å². The van der Waals surface area contributed by atoms with Crippen LogP contribution in [-0.4, -0.2) is 13.6 Å². The second-order valence-electron chi connectivity index (χ2n) is 5.85. The summed E-state index contributed by atoms with van der Waals surface area (Å²) in [6, 6.07) is 4.51. The van der Waals surface area contributed by atoms with E-state index in [9.17, 15) is 0 Å². The Morgan fingerprint density at radius 2 is 2.31 bits per heavy atom. The van der Waals surface area contributed by atoms with E-state index >= 15 is 0 Å². The van der Waals surface area contributed by atoms with Crippen molar-refractivity contribution in [2.24, 2.45) is 11.3 Å². The van der Waals surface area contributed by atoms with E-state index in [2.05, 4.69) is 43.7 Å². The summed E-state index contributed by atoms with van der Waals surface area (Å²) in [7, 11) is 2.07. The van der Waals surface area contributed by atoms with Gasteiger partial charge in [-0.05, 0) is 61.6 Å². The van der Waals surface area contributed by atoms with E-state index in [-0.39, 0.29) is 0 Å². The van der Waals surface area contributed by atoms with Crippen molar-refractivity contribution >= 4 is 11.3 Å². The van der Waals surface area contributed by atoms with Gasteiger partial charge in [-0.3, -0.25) is 0 Å². The number of nitrogens with one attached hydrogen (secondary N) is 1. The van der Waals surface area contributed by atoms with Gasteiger partial charge in [-0.25, -0.2) is 0 Å². The first-order valence-electron chi connectivity index (χ1n) is 6.30. The second-order valence-corrected chi connectivity index (χ2v) is 6.83. The molecule has 2 rings (SSSR count). The average molecular weight is 237 g/mol. The highest BCUT2D eigenvalue weighted by Crippen LogP contribution is 2.47. The van der Waals surface area contributed by atoms with Gasteiger partial charge in [0, 0.05) is 4.88 Å². The van der Waals surface area contributed by atoms with Gasteiger partial charge in [-0.2, -0.15) is 0 Å². The predicted molar refractivity (Wildman–Crippen MR) is 72.1 cm³/mol. The van der Waals surface area contributed by atoms with Crippen LogP contribution in [0.3, 0.4) is 0 Å². The number of rotatable bonds is 3. The van der Waals surface area contributed by atoms with E-state index in [1.54, 1.807) is 4.88 Å². The fourth-order valence-electron chi connectivity index (χ4n) is 2.98. The zero-order chi connectivity index (χ0) is 11.6. The van der Waals surface area contributed by atoms with E-state index < -0.39 is 0 Å². The summed E-state index contributed by atoms with van der Waals surface area (Å²) in [6.45, 7) is 6.01. The lowest BCUT2D eigenvalue weighted by molar-refractivity contribution is 0.163. The summed E-state index contributed by atoms with van der Waals surface area (Å²) in [5, 5.41) is 5.58. The van der Waals surface area contributed by atoms with Gasteiger partial charge < -0.3 is 5.32 Å². The molecule has 2 heteroatoms. The zero-order valence-corrected chi connectivity index (χ0v) is 11.4. The van der Waals surface area contributed by atoms with Crippen LogP contribution >= 0.6 is 11.3 Å². The Bertz CT molecular complexity index is 315. The molecular formula is C14H23NS. The zero-order valence-electron chi connectivity index (χ0n) is 10.6. The standard InChI is InChI=1S/C14H23NS/c1-14(2)7-6-11(10-15-3)12(9-14)13-5-4-8-16-13/h4-5,8,11-12,15H,6-7,9-10H2,1-3H3. The molecule has 1 aliphatic rings. The van der Waals surface area contributed by atoms with Gasteiger partial charge in [-0.15, -0.1) is 11.3 Å². The topological polar surface area (TPSA) is 12.0 Å². The summed E-state index contributed by atoms with van der Waals surface area (Å²) in [4.78, 5) is 1.59. The smallest absolute Gasteiger partial charge is 0.00796 e. The lowest BCUT2D eigenvalue weighted by Gasteiger charge is -2.40. The molecule has 90 valence electrons. The number of hydrogen-bond donors (Lipinski definition) is 1. The van der Waals surface area contributed by atoms with Crippen molar-refractivity contribution in [3.05, 3.63) is 22.4 Å². The lowest BCUT2D eigenvalue weighted by atomic mass is 9.66. The van der Waals surface area contributed by atoms with Gasteiger partial charge in [-0.1, -0.05) is 19.9 Å². The summed E-state index contributed by atoms with van der Waals surface area (Å²) < 4.78 is 0. The largest absolute Gasteiger partial charge is 0.319 e. The van der Waals surface area contributed by atoms with Crippen molar-refractivity contribution in [3.63, 3.8) is 0 Å². The summed E-state index contributed by atoms with van der Waals surface area (Å²) in [5.41, 5.74) is 0.527. The highest BCUT2D eigenvalue weighted by atomic mass is 32.1. The van der Waals surface area contributed by atoms with Crippen LogP contribution in [0.4, 0.5) is 0 Å². The molecule has 1 aromatic rings. The van der Waals surface area contributed by atoms with E-state index in [4.69, 9.17) is 0 Å². The van der Waals surface area contributed by atoms with Crippen molar-refractivity contribution in [3.8, 4) is 0 Å². The molecule has 16 heavy (non-hydrogen) atoms. The Morgan fingerprint density at radius 1 is 1.50 bits per heavy atom. The van der Waals surface area contributed by atoms with Crippen LogP contribution in [0.2, 0.25) is 0 Å². The first-order valence-corrected chi connectivity index (χ1v) is 7.18. The van der Waals surface area contributed by atoms with Crippen molar-refractivity contribution < 1.29 is 0 Å². The summed E-state index contributed by atoms with van der Waals surface area (Å²) in [5.74, 6) is 1.60.